The first-order valence-electron chi connectivity index (χ1n) is 13.0. The van der Waals surface area contributed by atoms with Gasteiger partial charge in [0, 0.05) is 40.9 Å². The van der Waals surface area contributed by atoms with E-state index < -0.39 is 5.54 Å². The minimum atomic E-state index is -0.800. The van der Waals surface area contributed by atoms with Gasteiger partial charge in [0.25, 0.3) is 11.8 Å². The zero-order valence-electron chi connectivity index (χ0n) is 21.5. The molecule has 1 N–H and O–H groups in total. The monoisotopic (exact) mass is 564 g/mol. The third-order valence-corrected chi connectivity index (χ3v) is 8.13. The highest BCUT2D eigenvalue weighted by atomic mass is 35.5. The molecule has 39 heavy (non-hydrogen) atoms. The Bertz CT molecular complexity index is 1340. The van der Waals surface area contributed by atoms with E-state index in [1.165, 1.54) is 0 Å². The number of likely N-dealkylation sites (tertiary alicyclic amines) is 1. The van der Waals surface area contributed by atoms with Gasteiger partial charge in [-0.1, -0.05) is 65.7 Å². The Kier molecular flexibility index (Phi) is 8.10. The molecule has 0 radical (unpaired) electrons. The van der Waals surface area contributed by atoms with Crippen molar-refractivity contribution in [2.24, 2.45) is 0 Å². The Balaban J connectivity index is 1.26. The van der Waals surface area contributed by atoms with Crippen LogP contribution in [-0.4, -0.2) is 65.9 Å². The van der Waals surface area contributed by atoms with Crippen molar-refractivity contribution in [3.8, 4) is 0 Å². The fourth-order valence-electron chi connectivity index (χ4n) is 5.46. The quantitative estimate of drug-likeness (QED) is 0.454. The number of hydrogen-bond acceptors (Lipinski definition) is 4. The number of halogens is 2. The third kappa shape index (κ3) is 5.75. The summed E-state index contributed by atoms with van der Waals surface area (Å²) in [5.41, 5.74) is 1.66. The van der Waals surface area contributed by atoms with Gasteiger partial charge < -0.3 is 20.0 Å². The number of anilines is 1. The second kappa shape index (κ2) is 11.7. The maximum Gasteiger partial charge on any atom is 0.253 e. The Hall–Kier alpha value is -3.55. The summed E-state index contributed by atoms with van der Waals surface area (Å²) < 4.78 is 0. The molecule has 2 fully saturated rings. The molecule has 3 aromatic rings. The summed E-state index contributed by atoms with van der Waals surface area (Å²) in [6, 6.07) is 24.3. The van der Waals surface area contributed by atoms with Crippen LogP contribution in [0, 0.1) is 0 Å². The average molecular weight is 566 g/mol. The molecule has 3 aromatic carbocycles. The lowest BCUT2D eigenvalue weighted by Gasteiger charge is -2.43. The van der Waals surface area contributed by atoms with Crippen molar-refractivity contribution >= 4 is 46.6 Å². The number of nitrogens with zero attached hydrogens (tertiary/aromatic N) is 3. The van der Waals surface area contributed by atoms with Crippen molar-refractivity contribution in [2.45, 2.75) is 24.8 Å². The molecular formula is C30H30Cl2N4O3. The highest BCUT2D eigenvalue weighted by Crippen LogP contribution is 2.39. The van der Waals surface area contributed by atoms with E-state index in [2.05, 4.69) is 10.2 Å². The highest BCUT2D eigenvalue weighted by molar-refractivity contribution is 6.35. The number of carbonyl (C=O) groups is 3. The van der Waals surface area contributed by atoms with Crippen LogP contribution in [0.5, 0.6) is 0 Å². The van der Waals surface area contributed by atoms with Crippen molar-refractivity contribution in [3.63, 3.8) is 0 Å². The number of rotatable bonds is 7. The van der Waals surface area contributed by atoms with Gasteiger partial charge >= 0.3 is 0 Å². The van der Waals surface area contributed by atoms with Crippen molar-refractivity contribution < 1.29 is 14.4 Å². The van der Waals surface area contributed by atoms with Crippen molar-refractivity contribution in [3.05, 3.63) is 100 Å². The number of para-hydroxylation sites is 1. The first-order valence-corrected chi connectivity index (χ1v) is 13.8. The van der Waals surface area contributed by atoms with Gasteiger partial charge in [-0.15, -0.1) is 0 Å². The van der Waals surface area contributed by atoms with Gasteiger partial charge in [-0.25, -0.2) is 0 Å². The van der Waals surface area contributed by atoms with E-state index in [9.17, 15) is 14.4 Å². The summed E-state index contributed by atoms with van der Waals surface area (Å²) in [6.45, 7) is 1.60. The molecule has 1 spiro atoms. The third-order valence-electron chi connectivity index (χ3n) is 7.55. The molecule has 3 amide bonds. The highest BCUT2D eigenvalue weighted by Gasteiger charge is 2.54. The molecule has 9 heteroatoms. The minimum Gasteiger partial charge on any atom is -0.354 e. The summed E-state index contributed by atoms with van der Waals surface area (Å²) >= 11 is 12.2. The molecule has 2 aliphatic heterocycles. The summed E-state index contributed by atoms with van der Waals surface area (Å²) in [7, 11) is 0. The zero-order chi connectivity index (χ0) is 27.4. The topological polar surface area (TPSA) is 73.0 Å². The van der Waals surface area contributed by atoms with Gasteiger partial charge in [0.2, 0.25) is 5.91 Å². The van der Waals surface area contributed by atoms with Crippen molar-refractivity contribution in [1.82, 2.24) is 15.1 Å². The molecule has 5 rings (SSSR count). The standard InChI is InChI=1S/C30H30Cl2N4O3/c31-24-12-11-22(26(32)19-24)13-16-33-27(37)20-35-21-36(25-9-5-2-6-10-25)30(29(35)39)14-17-34(18-15-30)28(38)23-7-3-1-4-8-23/h1-12,19H,13-18,20-21H2,(H,33,37). The van der Waals surface area contributed by atoms with Crippen molar-refractivity contribution in [2.75, 3.05) is 37.7 Å². The van der Waals surface area contributed by atoms with E-state index in [4.69, 9.17) is 23.2 Å². The first-order chi connectivity index (χ1) is 18.9. The van der Waals surface area contributed by atoms with E-state index >= 15 is 0 Å². The normalized spacial score (nSPS) is 16.6. The average Bonchev–Trinajstić information content (AvgIpc) is 3.21. The fraction of sp³-hybridized carbons (Fsp3) is 0.300. The van der Waals surface area contributed by atoms with Gasteiger partial charge in [0.05, 0.1) is 6.67 Å². The summed E-state index contributed by atoms with van der Waals surface area (Å²) in [5.74, 6) is -0.330. The Morgan fingerprint density at radius 2 is 1.56 bits per heavy atom. The molecule has 2 saturated heterocycles. The SMILES string of the molecule is O=C(CN1CN(c2ccccc2)C2(CCN(C(=O)c3ccccc3)CC2)C1=O)NCCc1ccc(Cl)cc1Cl. The van der Waals surface area contributed by atoms with Crippen LogP contribution in [0.1, 0.15) is 28.8 Å². The van der Waals surface area contributed by atoms with Crippen LogP contribution >= 0.6 is 23.2 Å². The van der Waals surface area contributed by atoms with Crippen LogP contribution in [0.15, 0.2) is 78.9 Å². The maximum absolute atomic E-state index is 13.9. The fourth-order valence-corrected chi connectivity index (χ4v) is 5.96. The molecule has 0 atom stereocenters. The summed E-state index contributed by atoms with van der Waals surface area (Å²) in [5, 5.41) is 4.03. The van der Waals surface area contributed by atoms with Gasteiger partial charge in [-0.05, 0) is 61.2 Å². The van der Waals surface area contributed by atoms with Crippen LogP contribution < -0.4 is 10.2 Å². The number of nitrogens with one attached hydrogen (secondary N) is 1. The Morgan fingerprint density at radius 3 is 2.23 bits per heavy atom. The maximum atomic E-state index is 13.9. The molecule has 0 bridgehead atoms. The van der Waals surface area contributed by atoms with Crippen LogP contribution in [0.2, 0.25) is 10.0 Å². The first kappa shape index (κ1) is 27.0. The second-order valence-electron chi connectivity index (χ2n) is 9.93. The van der Waals surface area contributed by atoms with Crippen LogP contribution in [0.3, 0.4) is 0 Å². The van der Waals surface area contributed by atoms with Gasteiger partial charge in [0.15, 0.2) is 0 Å². The van der Waals surface area contributed by atoms with Crippen LogP contribution in [0.25, 0.3) is 0 Å². The van der Waals surface area contributed by atoms with E-state index in [1.54, 1.807) is 17.0 Å². The predicted molar refractivity (Wildman–Crippen MR) is 153 cm³/mol. The molecule has 0 unspecified atom stereocenters. The lowest BCUT2D eigenvalue weighted by atomic mass is 9.85. The molecule has 2 heterocycles. The number of carbonyl (C=O) groups excluding carboxylic acids is 3. The zero-order valence-corrected chi connectivity index (χ0v) is 23.0. The largest absolute Gasteiger partial charge is 0.354 e. The predicted octanol–water partition coefficient (Wildman–Crippen LogP) is 4.63. The smallest absolute Gasteiger partial charge is 0.253 e. The molecule has 0 aromatic heterocycles. The van der Waals surface area contributed by atoms with Gasteiger partial charge in [-0.2, -0.15) is 0 Å². The lowest BCUT2D eigenvalue weighted by Crippen LogP contribution is -2.57. The molecule has 7 nitrogen and oxygen atoms in total. The Morgan fingerprint density at radius 1 is 0.897 bits per heavy atom. The van der Waals surface area contributed by atoms with Crippen LogP contribution in [-0.2, 0) is 16.0 Å². The van der Waals surface area contributed by atoms with E-state index in [1.807, 2.05) is 71.6 Å². The van der Waals surface area contributed by atoms with E-state index in [0.29, 0.717) is 61.2 Å². The van der Waals surface area contributed by atoms with Crippen LogP contribution in [0.4, 0.5) is 5.69 Å². The number of benzene rings is 3. The van der Waals surface area contributed by atoms with E-state index in [0.717, 1.165) is 11.3 Å². The summed E-state index contributed by atoms with van der Waals surface area (Å²) in [4.78, 5) is 45.3. The molecule has 202 valence electrons. The molecule has 0 aliphatic carbocycles. The lowest BCUT2D eigenvalue weighted by molar-refractivity contribution is -0.137. The minimum absolute atomic E-state index is 0.0285. The molecule has 2 aliphatic rings. The second-order valence-corrected chi connectivity index (χ2v) is 10.8. The number of amides is 3. The molecule has 0 saturated carbocycles. The van der Waals surface area contributed by atoms with Gasteiger partial charge in [0.1, 0.15) is 12.1 Å². The van der Waals surface area contributed by atoms with Crippen molar-refractivity contribution in [1.29, 1.82) is 0 Å². The number of hydrogen-bond donors (Lipinski definition) is 1. The molecular weight excluding hydrogens is 535 g/mol. The Labute approximate surface area is 238 Å². The number of piperidine rings is 1. The van der Waals surface area contributed by atoms with Gasteiger partial charge in [-0.3, -0.25) is 14.4 Å². The summed E-state index contributed by atoms with van der Waals surface area (Å²) in [6.07, 6.45) is 1.54. The van der Waals surface area contributed by atoms with E-state index in [-0.39, 0.29) is 24.3 Å².